The molecular formula is C4H4BrNOS. The molecular weight excluding hydrogens is 190 g/mol. The van der Waals surface area contributed by atoms with Crippen LogP contribution in [0.5, 0.6) is 0 Å². The summed E-state index contributed by atoms with van der Waals surface area (Å²) in [5.41, 5.74) is 2.41. The lowest BCUT2D eigenvalue weighted by molar-refractivity contribution is 0.277. The van der Waals surface area contributed by atoms with Gasteiger partial charge in [0.1, 0.15) is 0 Å². The Hall–Kier alpha value is 0.0700. The van der Waals surface area contributed by atoms with Crippen LogP contribution in [-0.2, 0) is 6.61 Å². The molecule has 0 unspecified atom stereocenters. The Morgan fingerprint density at radius 2 is 2.62 bits per heavy atom. The van der Waals surface area contributed by atoms with Crippen molar-refractivity contribution in [3.8, 4) is 0 Å². The van der Waals surface area contributed by atoms with E-state index in [1.54, 1.807) is 5.51 Å². The molecule has 0 saturated heterocycles. The van der Waals surface area contributed by atoms with Gasteiger partial charge in [0.15, 0.2) is 0 Å². The molecule has 0 amide bonds. The van der Waals surface area contributed by atoms with Gasteiger partial charge in [0, 0.05) is 0 Å². The van der Waals surface area contributed by atoms with Gasteiger partial charge < -0.3 is 5.11 Å². The van der Waals surface area contributed by atoms with Gasteiger partial charge in [-0.05, 0) is 15.9 Å². The lowest BCUT2D eigenvalue weighted by Crippen LogP contribution is -1.80. The summed E-state index contributed by atoms with van der Waals surface area (Å²) in [7, 11) is 0. The van der Waals surface area contributed by atoms with Crippen molar-refractivity contribution in [1.29, 1.82) is 0 Å². The summed E-state index contributed by atoms with van der Waals surface area (Å²) in [5, 5.41) is 8.52. The number of aliphatic hydroxyl groups excluding tert-OH is 1. The molecule has 0 radical (unpaired) electrons. The van der Waals surface area contributed by atoms with Gasteiger partial charge >= 0.3 is 0 Å². The van der Waals surface area contributed by atoms with Crippen LogP contribution in [-0.4, -0.2) is 10.1 Å². The maximum absolute atomic E-state index is 8.52. The molecule has 1 aromatic rings. The van der Waals surface area contributed by atoms with E-state index < -0.39 is 0 Å². The number of halogens is 1. The molecule has 8 heavy (non-hydrogen) atoms. The van der Waals surface area contributed by atoms with Crippen molar-refractivity contribution in [1.82, 2.24) is 4.98 Å². The largest absolute Gasteiger partial charge is 0.390 e. The highest BCUT2D eigenvalue weighted by Crippen LogP contribution is 2.19. The first-order chi connectivity index (χ1) is 3.84. The van der Waals surface area contributed by atoms with Crippen LogP contribution < -0.4 is 0 Å². The zero-order chi connectivity index (χ0) is 5.98. The highest BCUT2D eigenvalue weighted by Gasteiger charge is 1.97. The Balaban J connectivity index is 2.92. The summed E-state index contributed by atoms with van der Waals surface area (Å²) >= 11 is 4.70. The predicted octanol–water partition coefficient (Wildman–Crippen LogP) is 1.40. The van der Waals surface area contributed by atoms with Crippen molar-refractivity contribution < 1.29 is 5.11 Å². The Bertz CT molecular complexity index is 176. The minimum absolute atomic E-state index is 0.0179. The maximum atomic E-state index is 8.52. The van der Waals surface area contributed by atoms with Crippen molar-refractivity contribution in [2.75, 3.05) is 0 Å². The molecule has 0 fully saturated rings. The second-order valence-electron chi connectivity index (χ2n) is 1.23. The van der Waals surface area contributed by atoms with E-state index in [0.717, 1.165) is 9.48 Å². The smallest absolute Gasteiger partial charge is 0.0952 e. The summed E-state index contributed by atoms with van der Waals surface area (Å²) in [6.45, 7) is 0.0179. The molecule has 0 saturated carbocycles. The van der Waals surface area contributed by atoms with Gasteiger partial charge in [0.05, 0.1) is 21.6 Å². The van der Waals surface area contributed by atoms with Gasteiger partial charge in [-0.25, -0.2) is 4.98 Å². The van der Waals surface area contributed by atoms with E-state index in [1.165, 1.54) is 11.3 Å². The van der Waals surface area contributed by atoms with Crippen molar-refractivity contribution in [2.24, 2.45) is 0 Å². The molecule has 4 heteroatoms. The number of rotatable bonds is 1. The van der Waals surface area contributed by atoms with Crippen LogP contribution >= 0.6 is 27.3 Å². The van der Waals surface area contributed by atoms with Gasteiger partial charge in [-0.2, -0.15) is 0 Å². The molecule has 1 rings (SSSR count). The van der Waals surface area contributed by atoms with Gasteiger partial charge in [0.2, 0.25) is 0 Å². The average Bonchev–Trinajstić information content (AvgIpc) is 2.14. The van der Waals surface area contributed by atoms with Crippen molar-refractivity contribution in [3.05, 3.63) is 15.0 Å². The SMILES string of the molecule is OCc1ncsc1Br. The number of aromatic nitrogens is 1. The number of nitrogens with zero attached hydrogens (tertiary/aromatic N) is 1. The molecule has 0 aromatic carbocycles. The van der Waals surface area contributed by atoms with E-state index in [0.29, 0.717) is 0 Å². The van der Waals surface area contributed by atoms with E-state index in [-0.39, 0.29) is 6.61 Å². The molecule has 1 heterocycles. The summed E-state index contributed by atoms with van der Waals surface area (Å²) < 4.78 is 0.917. The van der Waals surface area contributed by atoms with E-state index >= 15 is 0 Å². The van der Waals surface area contributed by atoms with E-state index in [9.17, 15) is 0 Å². The van der Waals surface area contributed by atoms with E-state index in [1.807, 2.05) is 0 Å². The first-order valence-corrected chi connectivity index (χ1v) is 3.70. The molecule has 0 spiro atoms. The van der Waals surface area contributed by atoms with Gasteiger partial charge in [-0.15, -0.1) is 11.3 Å². The molecule has 0 aliphatic rings. The average molecular weight is 194 g/mol. The van der Waals surface area contributed by atoms with Crippen molar-refractivity contribution in [3.63, 3.8) is 0 Å². The fourth-order valence-corrected chi connectivity index (χ4v) is 1.36. The Labute approximate surface area is 59.3 Å². The molecule has 0 aliphatic heterocycles. The third kappa shape index (κ3) is 1.07. The van der Waals surface area contributed by atoms with Crippen LogP contribution in [0.1, 0.15) is 5.69 Å². The maximum Gasteiger partial charge on any atom is 0.0952 e. The monoisotopic (exact) mass is 193 g/mol. The predicted molar refractivity (Wildman–Crippen MR) is 35.7 cm³/mol. The van der Waals surface area contributed by atoms with Crippen LogP contribution in [0.3, 0.4) is 0 Å². The summed E-state index contributed by atoms with van der Waals surface area (Å²) in [4.78, 5) is 3.86. The second-order valence-corrected chi connectivity index (χ2v) is 3.40. The Morgan fingerprint density at radius 3 is 2.88 bits per heavy atom. The highest BCUT2D eigenvalue weighted by atomic mass is 79.9. The molecule has 2 nitrogen and oxygen atoms in total. The molecule has 44 valence electrons. The first-order valence-electron chi connectivity index (χ1n) is 2.03. The Kier molecular flexibility index (Phi) is 1.99. The third-order valence-corrected chi connectivity index (χ3v) is 2.41. The molecule has 0 bridgehead atoms. The molecule has 0 aliphatic carbocycles. The molecule has 0 atom stereocenters. The lowest BCUT2D eigenvalue weighted by atomic mass is 10.5. The van der Waals surface area contributed by atoms with Crippen molar-refractivity contribution in [2.45, 2.75) is 6.61 Å². The number of thiazole rings is 1. The zero-order valence-corrected chi connectivity index (χ0v) is 6.37. The van der Waals surface area contributed by atoms with E-state index in [4.69, 9.17) is 5.11 Å². The minimum atomic E-state index is 0.0179. The zero-order valence-electron chi connectivity index (χ0n) is 3.97. The second kappa shape index (κ2) is 2.57. The summed E-state index contributed by atoms with van der Waals surface area (Å²) in [6, 6.07) is 0. The van der Waals surface area contributed by atoms with Gasteiger partial charge in [-0.3, -0.25) is 0 Å². The van der Waals surface area contributed by atoms with Crippen LogP contribution in [0.2, 0.25) is 0 Å². The number of hydrogen-bond acceptors (Lipinski definition) is 3. The van der Waals surface area contributed by atoms with Crippen molar-refractivity contribution >= 4 is 27.3 Å². The van der Waals surface area contributed by atoms with Crippen LogP contribution in [0, 0.1) is 0 Å². The van der Waals surface area contributed by atoms with Gasteiger partial charge in [-0.1, -0.05) is 0 Å². The third-order valence-electron chi connectivity index (χ3n) is 0.741. The Morgan fingerprint density at radius 1 is 1.88 bits per heavy atom. The first kappa shape index (κ1) is 6.19. The highest BCUT2D eigenvalue weighted by molar-refractivity contribution is 9.11. The van der Waals surface area contributed by atoms with E-state index in [2.05, 4.69) is 20.9 Å². The standard InChI is InChI=1S/C4H4BrNOS/c5-4-3(1-7)6-2-8-4/h2,7H,1H2. The van der Waals surface area contributed by atoms with Gasteiger partial charge in [0.25, 0.3) is 0 Å². The fourth-order valence-electron chi connectivity index (χ4n) is 0.358. The summed E-state index contributed by atoms with van der Waals surface area (Å²) in [6.07, 6.45) is 0. The molecule has 1 aromatic heterocycles. The number of hydrogen-bond donors (Lipinski definition) is 1. The van der Waals surface area contributed by atoms with Crippen LogP contribution in [0.25, 0.3) is 0 Å². The fraction of sp³-hybridized carbons (Fsp3) is 0.250. The lowest BCUT2D eigenvalue weighted by Gasteiger charge is -1.83. The van der Waals surface area contributed by atoms with Crippen LogP contribution in [0.4, 0.5) is 0 Å². The minimum Gasteiger partial charge on any atom is -0.390 e. The number of aliphatic hydroxyl groups is 1. The summed E-state index contributed by atoms with van der Waals surface area (Å²) in [5.74, 6) is 0. The van der Waals surface area contributed by atoms with Crippen LogP contribution in [0.15, 0.2) is 9.30 Å². The quantitative estimate of drug-likeness (QED) is 0.732. The molecule has 1 N–H and O–H groups in total. The normalized spacial score (nSPS) is 9.75. The topological polar surface area (TPSA) is 33.1 Å².